The van der Waals surface area contributed by atoms with Crippen LogP contribution in [0.15, 0.2) is 35.9 Å². The summed E-state index contributed by atoms with van der Waals surface area (Å²) >= 11 is 0. The lowest BCUT2D eigenvalue weighted by atomic mass is 9.47. The number of aromatic nitrogens is 2. The average Bonchev–Trinajstić information content (AvgIpc) is 3.17. The summed E-state index contributed by atoms with van der Waals surface area (Å²) in [7, 11) is 0. The van der Waals surface area contributed by atoms with E-state index in [0.717, 1.165) is 63.0 Å². The first-order valence-electron chi connectivity index (χ1n) is 13.9. The van der Waals surface area contributed by atoms with Crippen LogP contribution in [-0.2, 0) is 24.8 Å². The molecule has 1 aliphatic heterocycles. The van der Waals surface area contributed by atoms with Crippen molar-refractivity contribution in [1.82, 2.24) is 9.97 Å². The zero-order valence-electron chi connectivity index (χ0n) is 21.6. The predicted octanol–water partition coefficient (Wildman–Crippen LogP) is 5.69. The van der Waals surface area contributed by atoms with E-state index >= 15 is 0 Å². The molecule has 4 nitrogen and oxygen atoms in total. The maximum Gasteiger partial charge on any atom is 0.226 e. The molecule has 2 heterocycles. The standard InChI is InChI=1S/C31H39N3O/c1-19-28-27(33-29(32-19)34-15-12-20-6-4-5-7-21(20)18-34)17-26-24-9-8-22-16-23(35)10-13-30(22,2)25(24)11-14-31(26,28)3/h4-8,23-26,35H,9-18H2,1-3H3/t23-,24+,25-,26-,30-,31-/m0/s1. The minimum Gasteiger partial charge on any atom is -0.393 e. The van der Waals surface area contributed by atoms with E-state index in [1.54, 1.807) is 5.57 Å². The van der Waals surface area contributed by atoms with Crippen molar-refractivity contribution in [3.05, 3.63) is 64.0 Å². The summed E-state index contributed by atoms with van der Waals surface area (Å²) in [6, 6.07) is 8.82. The van der Waals surface area contributed by atoms with E-state index in [4.69, 9.17) is 9.97 Å². The van der Waals surface area contributed by atoms with Crippen molar-refractivity contribution in [2.45, 2.75) is 90.2 Å². The molecule has 2 saturated carbocycles. The third-order valence-corrected chi connectivity index (χ3v) is 11.0. The van der Waals surface area contributed by atoms with Crippen LogP contribution in [0.4, 0.5) is 5.95 Å². The van der Waals surface area contributed by atoms with Crippen molar-refractivity contribution >= 4 is 5.95 Å². The third-order valence-electron chi connectivity index (χ3n) is 11.0. The number of benzene rings is 1. The van der Waals surface area contributed by atoms with Gasteiger partial charge in [0.15, 0.2) is 0 Å². The van der Waals surface area contributed by atoms with Crippen molar-refractivity contribution in [2.75, 3.05) is 11.4 Å². The first kappa shape index (κ1) is 22.0. The molecule has 35 heavy (non-hydrogen) atoms. The molecule has 7 rings (SSSR count). The highest BCUT2D eigenvalue weighted by molar-refractivity contribution is 5.47. The van der Waals surface area contributed by atoms with E-state index in [1.165, 1.54) is 47.3 Å². The molecule has 1 aromatic heterocycles. The molecule has 2 fully saturated rings. The maximum atomic E-state index is 10.3. The monoisotopic (exact) mass is 469 g/mol. The second-order valence-electron chi connectivity index (χ2n) is 12.7. The van der Waals surface area contributed by atoms with Crippen molar-refractivity contribution in [3.8, 4) is 0 Å². The number of nitrogens with zero attached hydrogens (tertiary/aromatic N) is 3. The molecule has 1 N–H and O–H groups in total. The van der Waals surface area contributed by atoms with Gasteiger partial charge in [0.25, 0.3) is 0 Å². The molecule has 4 aliphatic carbocycles. The van der Waals surface area contributed by atoms with Gasteiger partial charge in [0, 0.05) is 24.3 Å². The number of allylic oxidation sites excluding steroid dienone is 1. The summed E-state index contributed by atoms with van der Waals surface area (Å²) in [6.45, 7) is 9.20. The van der Waals surface area contributed by atoms with Gasteiger partial charge in [0.1, 0.15) is 0 Å². The van der Waals surface area contributed by atoms with Gasteiger partial charge in [-0.1, -0.05) is 49.8 Å². The highest BCUT2D eigenvalue weighted by atomic mass is 16.3. The fourth-order valence-electron chi connectivity index (χ4n) is 9.17. The number of anilines is 1. The fraction of sp³-hybridized carbons (Fsp3) is 0.613. The molecular weight excluding hydrogens is 430 g/mol. The second-order valence-corrected chi connectivity index (χ2v) is 12.7. The van der Waals surface area contributed by atoms with Crippen LogP contribution in [0.5, 0.6) is 0 Å². The zero-order chi connectivity index (χ0) is 23.9. The van der Waals surface area contributed by atoms with Gasteiger partial charge < -0.3 is 10.0 Å². The largest absolute Gasteiger partial charge is 0.393 e. The van der Waals surface area contributed by atoms with Crippen LogP contribution in [0.25, 0.3) is 0 Å². The number of hydrogen-bond donors (Lipinski definition) is 1. The molecule has 1 aromatic carbocycles. The second kappa shape index (κ2) is 7.65. The Bertz CT molecular complexity index is 1220. The quantitative estimate of drug-likeness (QED) is 0.546. The van der Waals surface area contributed by atoms with Crippen LogP contribution in [0.3, 0.4) is 0 Å². The van der Waals surface area contributed by atoms with Crippen LogP contribution < -0.4 is 4.90 Å². The van der Waals surface area contributed by atoms with Crippen LogP contribution >= 0.6 is 0 Å². The molecular formula is C31H39N3O. The first-order chi connectivity index (χ1) is 16.9. The molecule has 0 amide bonds. The van der Waals surface area contributed by atoms with E-state index in [2.05, 4.69) is 56.0 Å². The van der Waals surface area contributed by atoms with Crippen LogP contribution in [0.2, 0.25) is 0 Å². The van der Waals surface area contributed by atoms with Crippen LogP contribution in [-0.4, -0.2) is 27.7 Å². The lowest BCUT2D eigenvalue weighted by molar-refractivity contribution is -0.0164. The molecule has 0 bridgehead atoms. The molecule has 5 aliphatic rings. The Labute approximate surface area is 209 Å². The van der Waals surface area contributed by atoms with Gasteiger partial charge in [-0.15, -0.1) is 0 Å². The van der Waals surface area contributed by atoms with Gasteiger partial charge in [-0.3, -0.25) is 0 Å². The summed E-state index contributed by atoms with van der Waals surface area (Å²) in [5.74, 6) is 3.06. The average molecular weight is 470 g/mol. The summed E-state index contributed by atoms with van der Waals surface area (Å²) in [6.07, 6.45) is 11.3. The predicted molar refractivity (Wildman–Crippen MR) is 139 cm³/mol. The van der Waals surface area contributed by atoms with Gasteiger partial charge >= 0.3 is 0 Å². The van der Waals surface area contributed by atoms with Gasteiger partial charge in [-0.05, 0) is 98.0 Å². The van der Waals surface area contributed by atoms with Crippen molar-refractivity contribution in [2.24, 2.45) is 23.2 Å². The number of rotatable bonds is 1. The van der Waals surface area contributed by atoms with Crippen LogP contribution in [0.1, 0.15) is 80.5 Å². The van der Waals surface area contributed by atoms with E-state index in [1.807, 2.05) is 0 Å². The Kier molecular flexibility index (Phi) is 4.82. The van der Waals surface area contributed by atoms with Gasteiger partial charge in [0.2, 0.25) is 5.95 Å². The van der Waals surface area contributed by atoms with Gasteiger partial charge in [-0.2, -0.15) is 0 Å². The molecule has 0 spiro atoms. The number of hydrogen-bond acceptors (Lipinski definition) is 4. The highest BCUT2D eigenvalue weighted by Crippen LogP contribution is 2.64. The maximum absolute atomic E-state index is 10.3. The molecule has 6 atom stereocenters. The molecule has 0 radical (unpaired) electrons. The summed E-state index contributed by atoms with van der Waals surface area (Å²) in [4.78, 5) is 12.8. The van der Waals surface area contributed by atoms with E-state index < -0.39 is 0 Å². The zero-order valence-corrected chi connectivity index (χ0v) is 21.6. The Morgan fingerprint density at radius 1 is 0.971 bits per heavy atom. The van der Waals surface area contributed by atoms with Gasteiger partial charge in [-0.25, -0.2) is 9.97 Å². The Balaban J connectivity index is 1.21. The highest BCUT2D eigenvalue weighted by Gasteiger charge is 2.58. The van der Waals surface area contributed by atoms with E-state index in [0.29, 0.717) is 5.92 Å². The van der Waals surface area contributed by atoms with Crippen molar-refractivity contribution in [1.29, 1.82) is 0 Å². The number of aliphatic hydroxyl groups is 1. The lowest BCUT2D eigenvalue weighted by Gasteiger charge is -2.57. The summed E-state index contributed by atoms with van der Waals surface area (Å²) in [5, 5.41) is 10.3. The lowest BCUT2D eigenvalue weighted by Crippen LogP contribution is -2.51. The number of aliphatic hydroxyl groups excluding tert-OH is 1. The number of aryl methyl sites for hydroxylation is 1. The Morgan fingerprint density at radius 3 is 2.63 bits per heavy atom. The molecule has 2 aromatic rings. The smallest absolute Gasteiger partial charge is 0.226 e. The molecule has 4 heteroatoms. The molecule has 0 saturated heterocycles. The minimum absolute atomic E-state index is 0.131. The summed E-state index contributed by atoms with van der Waals surface area (Å²) < 4.78 is 0. The van der Waals surface area contributed by atoms with Crippen molar-refractivity contribution < 1.29 is 5.11 Å². The Hall–Kier alpha value is -2.20. The number of fused-ring (bicyclic) bond motifs is 8. The topological polar surface area (TPSA) is 49.2 Å². The third kappa shape index (κ3) is 3.14. The normalized spacial score (nSPS) is 37.5. The summed E-state index contributed by atoms with van der Waals surface area (Å²) in [5.41, 5.74) is 8.94. The molecule has 0 unspecified atom stereocenters. The van der Waals surface area contributed by atoms with E-state index in [9.17, 15) is 5.11 Å². The SMILES string of the molecule is Cc1nc(N2CCc3ccccc3C2)nc2c1[C@@]1(C)CC[C@H]3[C@@H](CC=C4C[C@@H](O)CC[C@@]43C)[C@@H]1C2. The van der Waals surface area contributed by atoms with Crippen molar-refractivity contribution in [3.63, 3.8) is 0 Å². The first-order valence-corrected chi connectivity index (χ1v) is 13.9. The van der Waals surface area contributed by atoms with E-state index in [-0.39, 0.29) is 16.9 Å². The fourth-order valence-corrected chi connectivity index (χ4v) is 9.17. The molecule has 184 valence electrons. The van der Waals surface area contributed by atoms with Gasteiger partial charge in [0.05, 0.1) is 11.8 Å². The Morgan fingerprint density at radius 2 is 1.77 bits per heavy atom. The van der Waals surface area contributed by atoms with Crippen LogP contribution in [0, 0.1) is 30.1 Å². The minimum atomic E-state index is -0.131.